The molecule has 2 aliphatic rings. The van der Waals surface area contributed by atoms with Gasteiger partial charge in [0, 0.05) is 48.2 Å². The van der Waals surface area contributed by atoms with Gasteiger partial charge in [0.1, 0.15) is 11.0 Å². The second kappa shape index (κ2) is 16.3. The van der Waals surface area contributed by atoms with Crippen LogP contribution in [0.3, 0.4) is 0 Å². The highest BCUT2D eigenvalue weighted by molar-refractivity contribution is 7.99. The summed E-state index contributed by atoms with van der Waals surface area (Å²) in [6.45, 7) is 8.88. The summed E-state index contributed by atoms with van der Waals surface area (Å²) in [5.41, 5.74) is 14.6. The Morgan fingerprint density at radius 2 is 1.37 bits per heavy atom. The summed E-state index contributed by atoms with van der Waals surface area (Å²) in [5.74, 6) is 0.613. The molecule has 2 aromatic heterocycles. The largest absolute Gasteiger partial charge is 0.455 e. The molecular formula is C57H45N3OS. The maximum atomic E-state index is 6.87. The van der Waals surface area contributed by atoms with Crippen molar-refractivity contribution in [1.82, 2.24) is 9.97 Å². The van der Waals surface area contributed by atoms with Gasteiger partial charge in [0.25, 0.3) is 0 Å². The Bertz CT molecular complexity index is 3200. The Labute approximate surface area is 367 Å². The normalized spacial score (nSPS) is 16.4. The number of nitrogens with zero attached hydrogens (tertiary/aromatic N) is 3. The summed E-state index contributed by atoms with van der Waals surface area (Å²) in [4.78, 5) is 15.0. The molecule has 8 aromatic rings. The Morgan fingerprint density at radius 1 is 0.677 bits per heavy atom. The van der Waals surface area contributed by atoms with Crippen LogP contribution in [0, 0.1) is 0 Å². The van der Waals surface area contributed by atoms with E-state index in [0.29, 0.717) is 5.82 Å². The van der Waals surface area contributed by atoms with Crippen LogP contribution in [0.25, 0.3) is 62.8 Å². The van der Waals surface area contributed by atoms with Gasteiger partial charge in [-0.1, -0.05) is 177 Å². The average molecular weight is 820 g/mol. The SMILES string of the molecule is C/C=C\C=c1\oc2c(-c3ccc4c(c3)Sc3ccccc3N4C3=Cc4ccccc4C(C)(C)/C(C)=C/C=C\3)cccc2c1=Cc1nc(-c2ccccc2)cc(-c2ccccc2)n1. The van der Waals surface area contributed by atoms with E-state index >= 15 is 0 Å². The van der Waals surface area contributed by atoms with Crippen molar-refractivity contribution in [3.05, 3.63) is 221 Å². The molecule has 0 unspecified atom stereocenters. The molecule has 6 aromatic carbocycles. The molecule has 3 heterocycles. The lowest BCUT2D eigenvalue weighted by molar-refractivity contribution is 0.576. The van der Waals surface area contributed by atoms with Gasteiger partial charge in [-0.3, -0.25) is 0 Å². The minimum atomic E-state index is -0.116. The fourth-order valence-electron chi connectivity index (χ4n) is 8.47. The molecule has 0 amide bonds. The van der Waals surface area contributed by atoms with Crippen molar-refractivity contribution in [2.75, 3.05) is 4.90 Å². The predicted molar refractivity (Wildman–Crippen MR) is 260 cm³/mol. The molecule has 4 nitrogen and oxygen atoms in total. The number of fused-ring (bicyclic) bond motifs is 4. The van der Waals surface area contributed by atoms with Gasteiger partial charge in [0.2, 0.25) is 0 Å². The van der Waals surface area contributed by atoms with E-state index < -0.39 is 0 Å². The Kier molecular flexibility index (Phi) is 10.3. The van der Waals surface area contributed by atoms with Crippen LogP contribution in [0.5, 0.6) is 0 Å². The third-order valence-electron chi connectivity index (χ3n) is 12.0. The van der Waals surface area contributed by atoms with E-state index in [1.807, 2.05) is 73.3 Å². The topological polar surface area (TPSA) is 42.2 Å². The highest BCUT2D eigenvalue weighted by Gasteiger charge is 2.29. The lowest BCUT2D eigenvalue weighted by atomic mass is 9.76. The van der Waals surface area contributed by atoms with Crippen molar-refractivity contribution >= 4 is 52.3 Å². The first-order chi connectivity index (χ1) is 30.4. The van der Waals surface area contributed by atoms with Crippen molar-refractivity contribution in [3.8, 4) is 33.6 Å². The van der Waals surface area contributed by atoms with Gasteiger partial charge >= 0.3 is 0 Å². The lowest BCUT2D eigenvalue weighted by Gasteiger charge is -2.34. The van der Waals surface area contributed by atoms with E-state index in [2.05, 4.69) is 171 Å². The van der Waals surface area contributed by atoms with Gasteiger partial charge in [-0.05, 0) is 85.2 Å². The second-order valence-electron chi connectivity index (χ2n) is 16.2. The summed E-state index contributed by atoms with van der Waals surface area (Å²) in [7, 11) is 0. The number of furan rings is 1. The van der Waals surface area contributed by atoms with Crippen molar-refractivity contribution in [2.45, 2.75) is 42.9 Å². The maximum absolute atomic E-state index is 6.87. The van der Waals surface area contributed by atoms with Crippen LogP contribution >= 0.6 is 11.8 Å². The number of aromatic nitrogens is 2. The van der Waals surface area contributed by atoms with Crippen LogP contribution in [0.1, 0.15) is 44.6 Å². The first-order valence-electron chi connectivity index (χ1n) is 21.1. The first-order valence-corrected chi connectivity index (χ1v) is 21.9. The zero-order chi connectivity index (χ0) is 42.2. The molecule has 0 radical (unpaired) electrons. The molecule has 0 bridgehead atoms. The standard InChI is InChI=1S/C57H45N3OS/c1-5-6-30-52-46(36-55-58-48(39-20-9-7-10-21-39)37-49(59-55)40-22-11-8-12-23-40)45-27-18-26-44(56(45)61-52)41-32-33-51-54(35-41)62-53-31-16-15-29-50(53)60(51)43-25-17-19-38(2)57(3,4)47-28-14-13-24-42(47)34-43/h5-37H,1-4H3/b6-5-,25-17-,38-19+,43-34?,46-36?,52-30+. The quantitative estimate of drug-likeness (QED) is 0.167. The van der Waals surface area contributed by atoms with Crippen molar-refractivity contribution in [3.63, 3.8) is 0 Å². The average Bonchev–Trinajstić information content (AvgIpc) is 3.68. The summed E-state index contributed by atoms with van der Waals surface area (Å²) in [6.07, 6.45) is 17.2. The van der Waals surface area contributed by atoms with Gasteiger partial charge in [-0.15, -0.1) is 0 Å². The molecule has 0 spiro atoms. The molecule has 0 fully saturated rings. The minimum absolute atomic E-state index is 0.116. The van der Waals surface area contributed by atoms with Crippen molar-refractivity contribution < 1.29 is 4.42 Å². The molecule has 0 N–H and O–H groups in total. The van der Waals surface area contributed by atoms with Gasteiger partial charge in [0.05, 0.1) is 22.8 Å². The fraction of sp³-hybridized carbons (Fsp3) is 0.0877. The minimum Gasteiger partial charge on any atom is -0.455 e. The zero-order valence-electron chi connectivity index (χ0n) is 35.2. The van der Waals surface area contributed by atoms with Gasteiger partial charge < -0.3 is 9.32 Å². The summed E-state index contributed by atoms with van der Waals surface area (Å²) >= 11 is 1.81. The maximum Gasteiger partial charge on any atom is 0.153 e. The number of hydrogen-bond acceptors (Lipinski definition) is 5. The van der Waals surface area contributed by atoms with Crippen LogP contribution in [0.2, 0.25) is 0 Å². The Hall–Kier alpha value is -7.21. The highest BCUT2D eigenvalue weighted by Crippen LogP contribution is 2.51. The molecule has 1 aliphatic carbocycles. The number of benzene rings is 6. The molecule has 62 heavy (non-hydrogen) atoms. The smallest absolute Gasteiger partial charge is 0.153 e. The van der Waals surface area contributed by atoms with Crippen LogP contribution in [-0.4, -0.2) is 9.97 Å². The molecule has 5 heteroatoms. The Balaban J connectivity index is 1.13. The number of allylic oxidation sites excluding steroid dienone is 6. The van der Waals surface area contributed by atoms with Crippen LogP contribution in [0.4, 0.5) is 11.4 Å². The third kappa shape index (κ3) is 7.25. The van der Waals surface area contributed by atoms with Gasteiger partial charge in [-0.2, -0.15) is 0 Å². The molecule has 10 rings (SSSR count). The van der Waals surface area contributed by atoms with E-state index in [1.165, 1.54) is 26.5 Å². The molecule has 300 valence electrons. The molecular weight excluding hydrogens is 775 g/mol. The van der Waals surface area contributed by atoms with E-state index in [-0.39, 0.29) is 5.41 Å². The van der Waals surface area contributed by atoms with E-state index in [9.17, 15) is 0 Å². The number of hydrogen-bond donors (Lipinski definition) is 0. The van der Waals surface area contributed by atoms with Crippen LogP contribution < -0.4 is 15.5 Å². The molecule has 0 saturated carbocycles. The monoisotopic (exact) mass is 819 g/mol. The van der Waals surface area contributed by atoms with Crippen LogP contribution in [-0.2, 0) is 5.41 Å². The molecule has 0 saturated heterocycles. The Morgan fingerprint density at radius 3 is 2.13 bits per heavy atom. The predicted octanol–water partition coefficient (Wildman–Crippen LogP) is 13.8. The van der Waals surface area contributed by atoms with Gasteiger partial charge in [0.15, 0.2) is 5.82 Å². The first kappa shape index (κ1) is 39.0. The summed E-state index contributed by atoms with van der Waals surface area (Å²) in [5, 5.41) is 1.93. The lowest BCUT2D eigenvalue weighted by Crippen LogP contribution is -2.21. The van der Waals surface area contributed by atoms with Crippen LogP contribution in [0.15, 0.2) is 208 Å². The summed E-state index contributed by atoms with van der Waals surface area (Å²) < 4.78 is 6.87. The molecule has 0 atom stereocenters. The van der Waals surface area contributed by atoms with E-state index in [1.54, 1.807) is 0 Å². The van der Waals surface area contributed by atoms with E-state index in [4.69, 9.17) is 14.4 Å². The third-order valence-corrected chi connectivity index (χ3v) is 13.1. The second-order valence-corrected chi connectivity index (χ2v) is 17.3. The van der Waals surface area contributed by atoms with E-state index in [0.717, 1.165) is 72.3 Å². The van der Waals surface area contributed by atoms with Gasteiger partial charge in [-0.25, -0.2) is 9.97 Å². The number of para-hydroxylation sites is 2. The highest BCUT2D eigenvalue weighted by atomic mass is 32.2. The fourth-order valence-corrected chi connectivity index (χ4v) is 9.56. The molecule has 1 aliphatic heterocycles. The van der Waals surface area contributed by atoms with Crippen molar-refractivity contribution in [2.24, 2.45) is 0 Å². The summed E-state index contributed by atoms with van der Waals surface area (Å²) in [6, 6.07) is 53.4. The zero-order valence-corrected chi connectivity index (χ0v) is 36.0. The number of anilines is 2. The number of rotatable bonds is 6. The van der Waals surface area contributed by atoms with Crippen molar-refractivity contribution in [1.29, 1.82) is 0 Å².